The van der Waals surface area contributed by atoms with Crippen LogP contribution in [-0.2, 0) is 0 Å². The molecule has 2 aromatic rings. The van der Waals surface area contributed by atoms with Crippen molar-refractivity contribution in [2.75, 3.05) is 10.6 Å². The number of anilines is 2. The number of amides is 3. The lowest BCUT2D eigenvalue weighted by Crippen LogP contribution is -2.43. The van der Waals surface area contributed by atoms with Crippen molar-refractivity contribution in [1.82, 2.24) is 10.3 Å². The first-order chi connectivity index (χ1) is 13.2. The van der Waals surface area contributed by atoms with Crippen molar-refractivity contribution < 1.29 is 9.59 Å². The summed E-state index contributed by atoms with van der Waals surface area (Å²) in [5, 5.41) is 10.6. The zero-order valence-corrected chi connectivity index (χ0v) is 17.7. The Hall–Kier alpha value is -2.41. The lowest BCUT2D eigenvalue weighted by molar-refractivity contribution is 0.0870. The van der Waals surface area contributed by atoms with Gasteiger partial charge in [0.25, 0.3) is 5.91 Å². The fourth-order valence-electron chi connectivity index (χ4n) is 4.13. The summed E-state index contributed by atoms with van der Waals surface area (Å²) in [5.74, 6) is 0.408. The highest BCUT2D eigenvalue weighted by atomic mass is 32.1. The molecule has 1 aliphatic carbocycles. The Kier molecular flexibility index (Phi) is 6.03. The molecule has 1 aromatic heterocycles. The molecule has 0 spiro atoms. The van der Waals surface area contributed by atoms with Gasteiger partial charge in [-0.25, -0.2) is 9.78 Å². The zero-order chi connectivity index (χ0) is 20.3. The van der Waals surface area contributed by atoms with Gasteiger partial charge < -0.3 is 10.6 Å². The highest BCUT2D eigenvalue weighted by Gasteiger charge is 2.33. The van der Waals surface area contributed by atoms with Crippen molar-refractivity contribution in [3.05, 3.63) is 40.9 Å². The summed E-state index contributed by atoms with van der Waals surface area (Å²) >= 11 is 1.24. The summed E-state index contributed by atoms with van der Waals surface area (Å²) in [7, 11) is 0. The smallest absolute Gasteiger partial charge is 0.325 e. The van der Waals surface area contributed by atoms with E-state index in [4.69, 9.17) is 0 Å². The van der Waals surface area contributed by atoms with Crippen molar-refractivity contribution in [2.45, 2.75) is 53.0 Å². The number of carbonyl (C=O) groups is 2. The van der Waals surface area contributed by atoms with Gasteiger partial charge in [-0.05, 0) is 55.2 Å². The number of aromatic nitrogens is 1. The Labute approximate surface area is 170 Å². The van der Waals surface area contributed by atoms with Crippen LogP contribution in [0.15, 0.2) is 29.6 Å². The Morgan fingerprint density at radius 1 is 1.21 bits per heavy atom. The fourth-order valence-corrected chi connectivity index (χ4v) is 4.82. The first-order valence-electron chi connectivity index (χ1n) is 9.61. The van der Waals surface area contributed by atoms with Gasteiger partial charge in [0.05, 0.1) is 0 Å². The molecular weight excluding hydrogens is 372 g/mol. The quantitative estimate of drug-likeness (QED) is 0.672. The summed E-state index contributed by atoms with van der Waals surface area (Å²) < 4.78 is 0. The molecule has 2 atom stereocenters. The van der Waals surface area contributed by atoms with E-state index in [1.54, 1.807) is 5.38 Å². The van der Waals surface area contributed by atoms with E-state index in [0.717, 1.165) is 18.4 Å². The Bertz CT molecular complexity index is 862. The van der Waals surface area contributed by atoms with Gasteiger partial charge in [-0.3, -0.25) is 10.1 Å². The summed E-state index contributed by atoms with van der Waals surface area (Å²) in [6.45, 7) is 8.69. The van der Waals surface area contributed by atoms with Crippen LogP contribution in [-0.4, -0.2) is 23.0 Å². The maximum absolute atomic E-state index is 12.6. The molecule has 0 aliphatic heterocycles. The van der Waals surface area contributed by atoms with E-state index < -0.39 is 0 Å². The van der Waals surface area contributed by atoms with Gasteiger partial charge in [0.15, 0.2) is 5.13 Å². The van der Waals surface area contributed by atoms with Gasteiger partial charge in [-0.15, -0.1) is 11.3 Å². The molecule has 0 saturated heterocycles. The summed E-state index contributed by atoms with van der Waals surface area (Å²) in [6.07, 6.45) is 3.14. The minimum atomic E-state index is -0.380. The number of thiazole rings is 1. The molecule has 1 aliphatic rings. The van der Waals surface area contributed by atoms with Gasteiger partial charge in [0, 0.05) is 17.1 Å². The molecule has 3 N–H and O–H groups in total. The van der Waals surface area contributed by atoms with Crippen molar-refractivity contribution in [3.8, 4) is 0 Å². The number of urea groups is 1. The SMILES string of the molecule is Cc1cccc(NC(=O)Nc2nc(C(=O)N[C@@H]3C[C@@H](C)CC(C)(C)C3)cs2)c1. The predicted octanol–water partition coefficient (Wildman–Crippen LogP) is 5.04. The summed E-state index contributed by atoms with van der Waals surface area (Å²) in [5.41, 5.74) is 2.34. The first kappa shape index (κ1) is 20.3. The van der Waals surface area contributed by atoms with E-state index in [1.165, 1.54) is 17.8 Å². The molecule has 150 valence electrons. The van der Waals surface area contributed by atoms with Gasteiger partial charge in [-0.2, -0.15) is 0 Å². The topological polar surface area (TPSA) is 83.1 Å². The molecule has 1 aromatic carbocycles. The highest BCUT2D eigenvalue weighted by Crippen LogP contribution is 2.38. The summed E-state index contributed by atoms with van der Waals surface area (Å²) in [6, 6.07) is 7.32. The molecule has 7 heteroatoms. The Morgan fingerprint density at radius 3 is 2.71 bits per heavy atom. The van der Waals surface area contributed by atoms with E-state index in [-0.39, 0.29) is 23.4 Å². The van der Waals surface area contributed by atoms with Gasteiger partial charge in [0.2, 0.25) is 0 Å². The van der Waals surface area contributed by atoms with Crippen LogP contribution in [0, 0.1) is 18.3 Å². The first-order valence-corrected chi connectivity index (χ1v) is 10.5. The number of aryl methyl sites for hydroxylation is 1. The van der Waals surface area contributed by atoms with Crippen LogP contribution in [0.5, 0.6) is 0 Å². The Balaban J connectivity index is 1.56. The molecule has 1 saturated carbocycles. The number of nitrogens with one attached hydrogen (secondary N) is 3. The number of nitrogens with zero attached hydrogens (tertiary/aromatic N) is 1. The second-order valence-corrected chi connectivity index (χ2v) is 9.43. The second kappa shape index (κ2) is 8.31. The molecule has 0 bridgehead atoms. The van der Waals surface area contributed by atoms with Crippen LogP contribution in [0.25, 0.3) is 0 Å². The number of rotatable bonds is 4. The Morgan fingerprint density at radius 2 is 2.00 bits per heavy atom. The van der Waals surface area contributed by atoms with Crippen molar-refractivity contribution in [2.24, 2.45) is 11.3 Å². The lowest BCUT2D eigenvalue weighted by Gasteiger charge is -2.39. The summed E-state index contributed by atoms with van der Waals surface area (Å²) in [4.78, 5) is 29.0. The molecule has 3 amide bonds. The number of hydrogen-bond donors (Lipinski definition) is 3. The molecule has 0 radical (unpaired) electrons. The number of benzene rings is 1. The van der Waals surface area contributed by atoms with Crippen molar-refractivity contribution >= 4 is 34.1 Å². The van der Waals surface area contributed by atoms with Gasteiger partial charge >= 0.3 is 6.03 Å². The minimum Gasteiger partial charge on any atom is -0.348 e. The van der Waals surface area contributed by atoms with E-state index in [0.29, 0.717) is 22.4 Å². The molecule has 28 heavy (non-hydrogen) atoms. The average Bonchev–Trinajstić information content (AvgIpc) is 3.01. The van der Waals surface area contributed by atoms with Crippen LogP contribution in [0.1, 0.15) is 56.1 Å². The molecular formula is C21H28N4O2S. The van der Waals surface area contributed by atoms with E-state index in [1.807, 2.05) is 31.2 Å². The maximum Gasteiger partial charge on any atom is 0.325 e. The third-order valence-corrected chi connectivity index (χ3v) is 5.71. The lowest BCUT2D eigenvalue weighted by atomic mass is 9.70. The predicted molar refractivity (Wildman–Crippen MR) is 114 cm³/mol. The molecule has 1 heterocycles. The number of hydrogen-bond acceptors (Lipinski definition) is 4. The van der Waals surface area contributed by atoms with E-state index >= 15 is 0 Å². The van der Waals surface area contributed by atoms with Gasteiger partial charge in [0.1, 0.15) is 5.69 Å². The monoisotopic (exact) mass is 400 g/mol. The average molecular weight is 401 g/mol. The molecule has 3 rings (SSSR count). The van der Waals surface area contributed by atoms with Crippen LogP contribution in [0.3, 0.4) is 0 Å². The third kappa shape index (κ3) is 5.55. The van der Waals surface area contributed by atoms with E-state index in [2.05, 4.69) is 41.7 Å². The molecule has 1 fully saturated rings. The van der Waals surface area contributed by atoms with Gasteiger partial charge in [-0.1, -0.05) is 32.9 Å². The highest BCUT2D eigenvalue weighted by molar-refractivity contribution is 7.14. The van der Waals surface area contributed by atoms with Crippen molar-refractivity contribution in [3.63, 3.8) is 0 Å². The fraction of sp³-hybridized carbons (Fsp3) is 0.476. The van der Waals surface area contributed by atoms with Crippen LogP contribution in [0.2, 0.25) is 0 Å². The molecule has 0 unspecified atom stereocenters. The zero-order valence-electron chi connectivity index (χ0n) is 16.8. The third-order valence-electron chi connectivity index (χ3n) is 4.96. The normalized spacial score (nSPS) is 21.0. The second-order valence-electron chi connectivity index (χ2n) is 8.57. The maximum atomic E-state index is 12.6. The van der Waals surface area contributed by atoms with E-state index in [9.17, 15) is 9.59 Å². The number of carbonyl (C=O) groups excluding carboxylic acids is 2. The largest absolute Gasteiger partial charge is 0.348 e. The minimum absolute atomic E-state index is 0.161. The van der Waals surface area contributed by atoms with Crippen LogP contribution >= 0.6 is 11.3 Å². The molecule has 6 nitrogen and oxygen atoms in total. The van der Waals surface area contributed by atoms with Crippen LogP contribution in [0.4, 0.5) is 15.6 Å². The van der Waals surface area contributed by atoms with Crippen LogP contribution < -0.4 is 16.0 Å². The van der Waals surface area contributed by atoms with Crippen molar-refractivity contribution in [1.29, 1.82) is 0 Å². The standard InChI is InChI=1S/C21H28N4O2S/c1-13-6-5-7-15(8-13)23-19(27)25-20-24-17(12-28-20)18(26)22-16-9-14(2)10-21(3,4)11-16/h5-8,12,14,16H,9-11H2,1-4H3,(H,22,26)(H2,23,24,25,27)/t14-,16-/m1/s1.